The molecule has 0 aliphatic carbocycles. The van der Waals surface area contributed by atoms with Crippen LogP contribution in [-0.2, 0) is 86.8 Å². The molecule has 1 N–H and O–H groups in total. The fourth-order valence-electron chi connectivity index (χ4n) is 16.1. The first kappa shape index (κ1) is 89.8. The highest BCUT2D eigenvalue weighted by Gasteiger charge is 2.52. The molecule has 7 rings (SSSR count). The van der Waals surface area contributed by atoms with Crippen LogP contribution in [0.4, 0.5) is 0 Å². The number of carbonyl (C=O) groups excluding carboxylic acids is 1. The van der Waals surface area contributed by atoms with Crippen LogP contribution in [0.5, 0.6) is 0 Å². The summed E-state index contributed by atoms with van der Waals surface area (Å²) in [5, 5.41) is 3.66. The summed E-state index contributed by atoms with van der Waals surface area (Å²) in [6.07, 6.45) is 29.3. The van der Waals surface area contributed by atoms with E-state index in [-0.39, 0.29) is 38.9 Å². The molecule has 1 saturated heterocycles. The first-order chi connectivity index (χ1) is 52.8. The van der Waals surface area contributed by atoms with Crippen molar-refractivity contribution in [2.75, 3.05) is 13.2 Å². The molecule has 1 heterocycles. The number of hydrogen-bond acceptors (Lipinski definition) is 10. The summed E-state index contributed by atoms with van der Waals surface area (Å²) >= 11 is 0. The Morgan fingerprint density at radius 2 is 0.704 bits per heavy atom. The second-order valence-corrected chi connectivity index (χ2v) is 37.8. The Morgan fingerprint density at radius 3 is 1.09 bits per heavy atom. The Morgan fingerprint density at radius 1 is 0.370 bits per heavy atom. The van der Waals surface area contributed by atoms with E-state index in [2.05, 4.69) is 165 Å². The number of nitrogens with one attached hydrogen (secondary N) is 1. The van der Waals surface area contributed by atoms with Crippen LogP contribution in [0.15, 0.2) is 182 Å². The predicted octanol–water partition coefficient (Wildman–Crippen LogP) is 24.9. The molecular formula is C96H145NO10Si. The third kappa shape index (κ3) is 34.3. The van der Waals surface area contributed by atoms with Crippen molar-refractivity contribution < 1.29 is 47.1 Å². The Kier molecular flexibility index (Phi) is 45.2. The summed E-state index contributed by atoms with van der Waals surface area (Å²) in [4.78, 5) is 16.0. The maximum Gasteiger partial charge on any atom is 0.249 e. The average Bonchev–Trinajstić information content (AvgIpc) is 0.778. The zero-order valence-electron chi connectivity index (χ0n) is 68.6. The second kappa shape index (κ2) is 54.3. The van der Waals surface area contributed by atoms with E-state index in [1.54, 1.807) is 0 Å². The molecule has 0 bridgehead atoms. The lowest BCUT2D eigenvalue weighted by Gasteiger charge is -2.48. The Hall–Kier alpha value is -5.35. The van der Waals surface area contributed by atoms with Crippen LogP contribution in [0.2, 0.25) is 16.6 Å². The van der Waals surface area contributed by atoms with Crippen molar-refractivity contribution in [1.29, 1.82) is 0 Å². The maximum absolute atomic E-state index is 16.0. The van der Waals surface area contributed by atoms with Crippen LogP contribution in [0.3, 0.4) is 0 Å². The van der Waals surface area contributed by atoms with Crippen LogP contribution >= 0.6 is 0 Å². The molecule has 1 aliphatic rings. The molecule has 1 fully saturated rings. The topological polar surface area (TPSA) is 112 Å². The molecule has 0 unspecified atom stereocenters. The van der Waals surface area contributed by atoms with Crippen molar-refractivity contribution in [3.05, 3.63) is 215 Å². The minimum atomic E-state index is -2.51. The number of carbonyl (C=O) groups is 1. The molecule has 1 amide bonds. The predicted molar refractivity (Wildman–Crippen MR) is 448 cm³/mol. The minimum Gasteiger partial charge on any atom is -0.413 e. The monoisotopic (exact) mass is 1500 g/mol. The van der Waals surface area contributed by atoms with Gasteiger partial charge in [-0.1, -0.05) is 418 Å². The normalized spacial score (nSPS) is 17.4. The maximum atomic E-state index is 16.0. The third-order valence-electron chi connectivity index (χ3n) is 22.2. The molecule has 0 aromatic heterocycles. The molecule has 0 saturated carbocycles. The highest BCUT2D eigenvalue weighted by atomic mass is 28.4. The molecule has 108 heavy (non-hydrogen) atoms. The van der Waals surface area contributed by atoms with Gasteiger partial charge in [0.25, 0.3) is 0 Å². The smallest absolute Gasteiger partial charge is 0.249 e. The SMILES string of the molecule is CCCCCCCCCCCCCCCCCCCC[C@@H](OCc1ccccc1)C(=O)N[C@@H](CO[C@@H]1O[C@H](CO[Si](C(C)C)(C(C)C)C(C)C)[C@@H](OCc2ccccc2)[C@H](OCc2ccccc2)[C@H]1OCc1ccccc1)[C@H](OCc1ccccc1)[C@@H](CCCCCCCCCCC(C)C)OCc1ccccc1. The molecular weight excluding hydrogens is 1360 g/mol. The van der Waals surface area contributed by atoms with Gasteiger partial charge in [0, 0.05) is 0 Å². The van der Waals surface area contributed by atoms with Crippen molar-refractivity contribution in [1.82, 2.24) is 5.32 Å². The van der Waals surface area contributed by atoms with Crippen LogP contribution < -0.4 is 5.32 Å². The van der Waals surface area contributed by atoms with E-state index in [1.165, 1.54) is 135 Å². The second-order valence-electron chi connectivity index (χ2n) is 32.4. The van der Waals surface area contributed by atoms with Crippen LogP contribution in [-0.4, -0.2) is 82.5 Å². The van der Waals surface area contributed by atoms with Crippen LogP contribution in [0.25, 0.3) is 0 Å². The molecule has 0 spiro atoms. The molecule has 11 nitrogen and oxygen atoms in total. The van der Waals surface area contributed by atoms with Crippen LogP contribution in [0, 0.1) is 5.92 Å². The standard InChI is InChI=1S/C96H145NO10Si/c1-10-11-12-13-14-15-16-17-18-19-20-21-22-23-24-29-32-53-68-89(100-70-82-57-42-34-43-58-82)95(98)97-87(91(101-71-83-59-44-35-45-60-83)88(99-69-81-55-40-33-41-56-81)67-52-31-28-26-25-27-30-39-54-77(2)3)75-105-96-94(104-74-86-65-50-38-51-66-86)93(103-73-85-63-48-37-49-64-85)92(102-72-84-61-46-36-47-62-84)90(107-96)76-106-108(78(4)5,79(6)7)80(8)9/h33-38,40-51,55-66,77-80,87-94,96H,10-32,39,52-54,67-76H2,1-9H3,(H,97,98)/t87-,88+,89+,90+,91-,92+,93-,94+,96+/m0/s1. The molecule has 6 aromatic rings. The minimum absolute atomic E-state index is 0.0368. The van der Waals surface area contributed by atoms with Gasteiger partial charge in [-0.05, 0) is 68.8 Å². The summed E-state index contributed by atoms with van der Waals surface area (Å²) in [5.41, 5.74) is 7.03. The molecule has 9 atom stereocenters. The largest absolute Gasteiger partial charge is 0.413 e. The van der Waals surface area contributed by atoms with Crippen molar-refractivity contribution >= 4 is 14.2 Å². The van der Waals surface area contributed by atoms with E-state index in [4.69, 9.17) is 42.3 Å². The lowest BCUT2D eigenvalue weighted by molar-refractivity contribution is -0.328. The Bertz CT molecular complexity index is 3110. The number of amides is 1. The van der Waals surface area contributed by atoms with Crippen molar-refractivity contribution in [2.45, 2.75) is 360 Å². The van der Waals surface area contributed by atoms with E-state index in [9.17, 15) is 0 Å². The fraction of sp³-hybridized carbons (Fsp3) is 0.615. The van der Waals surface area contributed by atoms with E-state index < -0.39 is 63.4 Å². The van der Waals surface area contributed by atoms with Crippen molar-refractivity contribution in [2.24, 2.45) is 5.92 Å². The Balaban J connectivity index is 1.25. The van der Waals surface area contributed by atoms with Gasteiger partial charge in [-0.2, -0.15) is 0 Å². The number of unbranched alkanes of at least 4 members (excludes halogenated alkanes) is 24. The van der Waals surface area contributed by atoms with Crippen LogP contribution in [0.1, 0.15) is 282 Å². The van der Waals surface area contributed by atoms with Gasteiger partial charge in [0.1, 0.15) is 36.6 Å². The average molecular weight is 1500 g/mol. The summed E-state index contributed by atoms with van der Waals surface area (Å²) in [6.45, 7) is 22.8. The summed E-state index contributed by atoms with van der Waals surface area (Å²) in [6, 6.07) is 61.1. The van der Waals surface area contributed by atoms with Gasteiger partial charge < -0.3 is 47.6 Å². The fourth-order valence-corrected chi connectivity index (χ4v) is 21.5. The Labute approximate surface area is 657 Å². The molecule has 598 valence electrons. The van der Waals surface area contributed by atoms with Crippen molar-refractivity contribution in [3.8, 4) is 0 Å². The zero-order valence-corrected chi connectivity index (χ0v) is 69.6. The van der Waals surface area contributed by atoms with Gasteiger partial charge in [-0.3, -0.25) is 4.79 Å². The summed E-state index contributed by atoms with van der Waals surface area (Å²) < 4.78 is 66.3. The highest BCUT2D eigenvalue weighted by Crippen LogP contribution is 2.43. The third-order valence-corrected chi connectivity index (χ3v) is 28.3. The molecule has 0 radical (unpaired) electrons. The van der Waals surface area contributed by atoms with E-state index in [1.807, 2.05) is 84.9 Å². The van der Waals surface area contributed by atoms with Gasteiger partial charge >= 0.3 is 0 Å². The lowest BCUT2D eigenvalue weighted by Crippen LogP contribution is -2.63. The van der Waals surface area contributed by atoms with Gasteiger partial charge in [0.2, 0.25) is 5.91 Å². The lowest BCUT2D eigenvalue weighted by atomic mass is 9.97. The molecule has 1 aliphatic heterocycles. The molecule has 12 heteroatoms. The zero-order chi connectivity index (χ0) is 76.5. The van der Waals surface area contributed by atoms with Gasteiger partial charge in [0.15, 0.2) is 14.6 Å². The van der Waals surface area contributed by atoms with E-state index in [0.717, 1.165) is 77.8 Å². The van der Waals surface area contributed by atoms with Crippen molar-refractivity contribution in [3.63, 3.8) is 0 Å². The first-order valence-corrected chi connectivity index (χ1v) is 45.1. The van der Waals surface area contributed by atoms with E-state index in [0.29, 0.717) is 49.3 Å². The van der Waals surface area contributed by atoms with E-state index >= 15 is 4.79 Å². The number of hydrogen-bond donors (Lipinski definition) is 1. The number of rotatable bonds is 61. The molecule has 6 aromatic carbocycles. The van der Waals surface area contributed by atoms with Gasteiger partial charge in [-0.15, -0.1) is 0 Å². The van der Waals surface area contributed by atoms with Gasteiger partial charge in [-0.25, -0.2) is 0 Å². The highest BCUT2D eigenvalue weighted by molar-refractivity contribution is 6.77. The summed E-state index contributed by atoms with van der Waals surface area (Å²) in [5.74, 6) is 0.536. The number of ether oxygens (including phenoxy) is 8. The first-order valence-electron chi connectivity index (χ1n) is 43.0. The summed E-state index contributed by atoms with van der Waals surface area (Å²) in [7, 11) is -2.51. The number of benzene rings is 6. The quantitative estimate of drug-likeness (QED) is 0.0293. The van der Waals surface area contributed by atoms with Gasteiger partial charge in [0.05, 0.1) is 65.0 Å².